The van der Waals surface area contributed by atoms with Crippen LogP contribution in [-0.4, -0.2) is 46.7 Å². The summed E-state index contributed by atoms with van der Waals surface area (Å²) in [7, 11) is 0. The van der Waals surface area contributed by atoms with Crippen LogP contribution < -0.4 is 0 Å². The molecule has 1 aromatic rings. The van der Waals surface area contributed by atoms with E-state index in [0.29, 0.717) is 22.8 Å². The van der Waals surface area contributed by atoms with Crippen molar-refractivity contribution in [3.8, 4) is 0 Å². The highest BCUT2D eigenvalue weighted by Gasteiger charge is 2.16. The highest BCUT2D eigenvalue weighted by atomic mass is 32.1. The van der Waals surface area contributed by atoms with Gasteiger partial charge in [-0.25, -0.2) is 4.79 Å². The maximum atomic E-state index is 12.2. The number of aliphatic hydroxyl groups excluding tert-OH is 1. The Morgan fingerprint density at radius 2 is 2.11 bits per heavy atom. The molecule has 0 spiro atoms. The molecule has 1 aromatic heterocycles. The van der Waals surface area contributed by atoms with Gasteiger partial charge in [0, 0.05) is 24.0 Å². The van der Waals surface area contributed by atoms with Crippen molar-refractivity contribution in [1.82, 2.24) is 4.90 Å². The zero-order chi connectivity index (χ0) is 14.3. The quantitative estimate of drug-likeness (QED) is 0.746. The maximum Gasteiger partial charge on any atom is 0.328 e. The van der Waals surface area contributed by atoms with Crippen LogP contribution in [-0.2, 0) is 4.79 Å². The van der Waals surface area contributed by atoms with Crippen LogP contribution in [0, 0.1) is 0 Å². The lowest BCUT2D eigenvalue weighted by atomic mass is 10.3. The molecule has 0 bridgehead atoms. The first-order valence-corrected chi connectivity index (χ1v) is 6.81. The summed E-state index contributed by atoms with van der Waals surface area (Å²) >= 11 is 1.24. The molecule has 5 nitrogen and oxygen atoms in total. The molecule has 0 atom stereocenters. The van der Waals surface area contributed by atoms with Crippen molar-refractivity contribution >= 4 is 29.3 Å². The lowest BCUT2D eigenvalue weighted by molar-refractivity contribution is -0.131. The minimum absolute atomic E-state index is 0.0666. The van der Waals surface area contributed by atoms with E-state index >= 15 is 0 Å². The predicted octanol–water partition coefficient (Wildman–Crippen LogP) is 1.69. The largest absolute Gasteiger partial charge is 0.478 e. The molecular formula is C13H17NO4S. The van der Waals surface area contributed by atoms with Crippen molar-refractivity contribution in [2.75, 3.05) is 19.7 Å². The Kier molecular flexibility index (Phi) is 6.24. The van der Waals surface area contributed by atoms with Crippen LogP contribution in [0.4, 0.5) is 0 Å². The van der Waals surface area contributed by atoms with E-state index < -0.39 is 5.97 Å². The predicted molar refractivity (Wildman–Crippen MR) is 74.3 cm³/mol. The number of hydrogen-bond donors (Lipinski definition) is 2. The summed E-state index contributed by atoms with van der Waals surface area (Å²) in [5.41, 5.74) is 0. The number of hydrogen-bond acceptors (Lipinski definition) is 4. The summed E-state index contributed by atoms with van der Waals surface area (Å²) in [5.74, 6) is -1.15. The van der Waals surface area contributed by atoms with Crippen LogP contribution in [0.25, 0.3) is 6.08 Å². The second-order valence-electron chi connectivity index (χ2n) is 3.89. The van der Waals surface area contributed by atoms with Gasteiger partial charge in [0.05, 0.1) is 11.5 Å². The number of carbonyl (C=O) groups excluding carboxylic acids is 1. The van der Waals surface area contributed by atoms with Crippen LogP contribution in [0.2, 0.25) is 0 Å². The molecule has 0 aliphatic heterocycles. The standard InChI is InChI=1S/C13H17NO4S/c1-2-7-14(8-9-15)13(18)11-5-3-10(19-11)4-6-12(16)17/h3-6,15H,2,7-9H2,1H3,(H,16,17)/b6-4+. The molecule has 1 heterocycles. The SMILES string of the molecule is CCCN(CCO)C(=O)c1ccc(/C=C/C(=O)O)s1. The minimum Gasteiger partial charge on any atom is -0.478 e. The topological polar surface area (TPSA) is 77.8 Å². The second kappa shape index (κ2) is 7.70. The molecule has 2 N–H and O–H groups in total. The molecule has 0 saturated heterocycles. The van der Waals surface area contributed by atoms with E-state index in [2.05, 4.69) is 0 Å². The van der Waals surface area contributed by atoms with Crippen LogP contribution in [0.1, 0.15) is 27.9 Å². The monoisotopic (exact) mass is 283 g/mol. The van der Waals surface area contributed by atoms with Crippen LogP contribution >= 0.6 is 11.3 Å². The summed E-state index contributed by atoms with van der Waals surface area (Å²) in [6, 6.07) is 3.38. The van der Waals surface area contributed by atoms with Gasteiger partial charge in [0.2, 0.25) is 0 Å². The van der Waals surface area contributed by atoms with Gasteiger partial charge in [-0.05, 0) is 24.6 Å². The zero-order valence-corrected chi connectivity index (χ0v) is 11.5. The number of carboxylic acids is 1. The van der Waals surface area contributed by atoms with Gasteiger partial charge in [0.15, 0.2) is 0 Å². The smallest absolute Gasteiger partial charge is 0.328 e. The molecule has 0 radical (unpaired) electrons. The Labute approximate surface area is 115 Å². The van der Waals surface area contributed by atoms with E-state index in [1.54, 1.807) is 17.0 Å². The van der Waals surface area contributed by atoms with Gasteiger partial charge in [-0.15, -0.1) is 11.3 Å². The second-order valence-corrected chi connectivity index (χ2v) is 5.00. The van der Waals surface area contributed by atoms with Gasteiger partial charge in [-0.3, -0.25) is 4.79 Å². The van der Waals surface area contributed by atoms with Crippen molar-refractivity contribution in [3.05, 3.63) is 28.0 Å². The Hall–Kier alpha value is -1.66. The number of amides is 1. The highest BCUT2D eigenvalue weighted by molar-refractivity contribution is 7.14. The lowest BCUT2D eigenvalue weighted by Gasteiger charge is -2.19. The van der Waals surface area contributed by atoms with E-state index in [4.69, 9.17) is 10.2 Å². The number of carboxylic acid groups (broad SMARTS) is 1. The van der Waals surface area contributed by atoms with E-state index in [1.165, 1.54) is 17.4 Å². The van der Waals surface area contributed by atoms with Crippen LogP contribution in [0.5, 0.6) is 0 Å². The fourth-order valence-electron chi connectivity index (χ4n) is 1.57. The third-order valence-electron chi connectivity index (χ3n) is 2.38. The average molecular weight is 283 g/mol. The lowest BCUT2D eigenvalue weighted by Crippen LogP contribution is -2.33. The number of thiophene rings is 1. The third kappa shape index (κ3) is 4.84. The fraction of sp³-hybridized carbons (Fsp3) is 0.385. The summed E-state index contributed by atoms with van der Waals surface area (Å²) in [5, 5.41) is 17.5. The van der Waals surface area contributed by atoms with Crippen LogP contribution in [0.3, 0.4) is 0 Å². The Morgan fingerprint density at radius 1 is 1.37 bits per heavy atom. The number of aliphatic hydroxyl groups is 1. The first-order chi connectivity index (χ1) is 9.08. The molecule has 1 amide bonds. The Morgan fingerprint density at radius 3 is 2.68 bits per heavy atom. The van der Waals surface area contributed by atoms with E-state index in [0.717, 1.165) is 12.5 Å². The summed E-state index contributed by atoms with van der Waals surface area (Å²) in [6.45, 7) is 2.80. The van der Waals surface area contributed by atoms with Crippen molar-refractivity contribution < 1.29 is 19.8 Å². The number of rotatable bonds is 7. The number of nitrogens with zero attached hydrogens (tertiary/aromatic N) is 1. The molecule has 0 aliphatic carbocycles. The maximum absolute atomic E-state index is 12.2. The van der Waals surface area contributed by atoms with Gasteiger partial charge in [0.25, 0.3) is 5.91 Å². The van der Waals surface area contributed by atoms with E-state index in [9.17, 15) is 9.59 Å². The summed E-state index contributed by atoms with van der Waals surface area (Å²) in [4.78, 5) is 25.4. The van der Waals surface area contributed by atoms with Crippen molar-refractivity contribution in [1.29, 1.82) is 0 Å². The molecule has 0 aromatic carbocycles. The fourth-order valence-corrected chi connectivity index (χ4v) is 2.45. The summed E-state index contributed by atoms with van der Waals surface area (Å²) in [6.07, 6.45) is 3.32. The molecule has 6 heteroatoms. The molecule has 0 unspecified atom stereocenters. The van der Waals surface area contributed by atoms with Crippen molar-refractivity contribution in [3.63, 3.8) is 0 Å². The molecule has 19 heavy (non-hydrogen) atoms. The molecule has 0 saturated carbocycles. The van der Waals surface area contributed by atoms with E-state index in [1.807, 2.05) is 6.92 Å². The molecular weight excluding hydrogens is 266 g/mol. The van der Waals surface area contributed by atoms with Gasteiger partial charge in [0.1, 0.15) is 0 Å². The van der Waals surface area contributed by atoms with Crippen LogP contribution in [0.15, 0.2) is 18.2 Å². The molecule has 104 valence electrons. The number of carbonyl (C=O) groups is 2. The summed E-state index contributed by atoms with van der Waals surface area (Å²) < 4.78 is 0. The van der Waals surface area contributed by atoms with E-state index in [-0.39, 0.29) is 12.5 Å². The molecule has 1 rings (SSSR count). The first kappa shape index (κ1) is 15.4. The first-order valence-electron chi connectivity index (χ1n) is 5.99. The molecule has 0 fully saturated rings. The van der Waals surface area contributed by atoms with Gasteiger partial charge in [-0.2, -0.15) is 0 Å². The van der Waals surface area contributed by atoms with Crippen molar-refractivity contribution in [2.45, 2.75) is 13.3 Å². The van der Waals surface area contributed by atoms with Gasteiger partial charge < -0.3 is 15.1 Å². The normalized spacial score (nSPS) is 10.8. The van der Waals surface area contributed by atoms with Gasteiger partial charge in [-0.1, -0.05) is 6.92 Å². The number of aliphatic carboxylic acids is 1. The van der Waals surface area contributed by atoms with Gasteiger partial charge >= 0.3 is 5.97 Å². The van der Waals surface area contributed by atoms with Crippen molar-refractivity contribution in [2.24, 2.45) is 0 Å². The third-order valence-corrected chi connectivity index (χ3v) is 3.42. The molecule has 0 aliphatic rings. The Bertz CT molecular complexity index is 461. The Balaban J connectivity index is 2.78. The minimum atomic E-state index is -1.02. The average Bonchev–Trinajstić information content (AvgIpc) is 2.84. The zero-order valence-electron chi connectivity index (χ0n) is 10.7. The highest BCUT2D eigenvalue weighted by Crippen LogP contribution is 2.19.